The van der Waals surface area contributed by atoms with Crippen LogP contribution in [0.2, 0.25) is 0 Å². The van der Waals surface area contributed by atoms with Crippen molar-refractivity contribution in [3.63, 3.8) is 0 Å². The molecule has 0 aromatic rings. The van der Waals surface area contributed by atoms with Crippen molar-refractivity contribution in [3.8, 4) is 0 Å². The van der Waals surface area contributed by atoms with Crippen LogP contribution in [0.5, 0.6) is 0 Å². The van der Waals surface area contributed by atoms with Crippen molar-refractivity contribution < 1.29 is 13.5 Å². The third-order valence-corrected chi connectivity index (χ3v) is 3.00. The average Bonchev–Trinajstić information content (AvgIpc) is 2.02. The van der Waals surface area contributed by atoms with Crippen LogP contribution >= 0.6 is 0 Å². The van der Waals surface area contributed by atoms with Crippen molar-refractivity contribution >= 4 is 0 Å². The summed E-state index contributed by atoms with van der Waals surface area (Å²) in [6, 6.07) is 0. The maximum atomic E-state index is 12.7. The van der Waals surface area contributed by atoms with Gasteiger partial charge in [0.05, 0.1) is 11.6 Å². The molecule has 1 saturated heterocycles. The number of halogens is 2. The van der Waals surface area contributed by atoms with Crippen LogP contribution in [0.1, 0.15) is 32.1 Å². The first-order chi connectivity index (χ1) is 6.02. The molecule has 0 aromatic carbocycles. The van der Waals surface area contributed by atoms with E-state index in [1.54, 1.807) is 0 Å². The van der Waals surface area contributed by atoms with Gasteiger partial charge in [-0.25, -0.2) is 8.78 Å². The molecule has 0 amide bonds. The van der Waals surface area contributed by atoms with Crippen molar-refractivity contribution in [3.05, 3.63) is 0 Å². The molecule has 2 N–H and O–H groups in total. The van der Waals surface area contributed by atoms with Crippen molar-refractivity contribution in [1.29, 1.82) is 0 Å². The highest BCUT2D eigenvalue weighted by atomic mass is 19.3. The molecular weight excluding hydrogens is 176 g/mol. The van der Waals surface area contributed by atoms with Crippen LogP contribution in [0.3, 0.4) is 0 Å². The van der Waals surface area contributed by atoms with Gasteiger partial charge in [0.2, 0.25) is 0 Å². The topological polar surface area (TPSA) is 35.2 Å². The van der Waals surface area contributed by atoms with E-state index < -0.39 is 11.5 Å². The summed E-state index contributed by atoms with van der Waals surface area (Å²) in [7, 11) is 0. The molecule has 0 aromatic heterocycles. The van der Waals surface area contributed by atoms with Gasteiger partial charge in [0.15, 0.2) is 0 Å². The van der Waals surface area contributed by atoms with Crippen molar-refractivity contribution in [2.24, 2.45) is 5.73 Å². The molecule has 0 spiro atoms. The van der Waals surface area contributed by atoms with Gasteiger partial charge in [0.25, 0.3) is 5.92 Å². The maximum absolute atomic E-state index is 12.7. The summed E-state index contributed by atoms with van der Waals surface area (Å²) in [5.74, 6) is -2.55. The van der Waals surface area contributed by atoms with E-state index in [2.05, 4.69) is 0 Å². The van der Waals surface area contributed by atoms with Crippen LogP contribution in [0.15, 0.2) is 0 Å². The Labute approximate surface area is 76.4 Å². The molecule has 2 rings (SSSR count). The lowest BCUT2D eigenvalue weighted by atomic mass is 9.69. The number of nitrogens with two attached hydrogens (primary N) is 1. The fourth-order valence-corrected chi connectivity index (χ4v) is 2.33. The van der Waals surface area contributed by atoms with Crippen LogP contribution in [0.4, 0.5) is 8.78 Å². The summed E-state index contributed by atoms with van der Waals surface area (Å²) in [6.45, 7) is 0.676. The van der Waals surface area contributed by atoms with Gasteiger partial charge in [-0.2, -0.15) is 0 Å². The highest BCUT2D eigenvalue weighted by Gasteiger charge is 2.58. The maximum Gasteiger partial charge on any atom is 0.251 e. The Balaban J connectivity index is 1.93. The van der Waals surface area contributed by atoms with Crippen molar-refractivity contribution in [1.82, 2.24) is 0 Å². The van der Waals surface area contributed by atoms with Gasteiger partial charge in [-0.1, -0.05) is 0 Å². The van der Waals surface area contributed by atoms with Crippen LogP contribution in [-0.2, 0) is 4.74 Å². The van der Waals surface area contributed by atoms with Gasteiger partial charge in [-0.3, -0.25) is 0 Å². The smallest absolute Gasteiger partial charge is 0.251 e. The summed E-state index contributed by atoms with van der Waals surface area (Å²) in [6.07, 6.45) is 2.38. The van der Waals surface area contributed by atoms with Gasteiger partial charge in [0, 0.05) is 19.4 Å². The molecule has 13 heavy (non-hydrogen) atoms. The van der Waals surface area contributed by atoms with Gasteiger partial charge < -0.3 is 10.5 Å². The van der Waals surface area contributed by atoms with E-state index in [4.69, 9.17) is 10.5 Å². The lowest BCUT2D eigenvalue weighted by Crippen LogP contribution is -2.65. The second-order valence-corrected chi connectivity index (χ2v) is 4.30. The quantitative estimate of drug-likeness (QED) is 0.684. The van der Waals surface area contributed by atoms with Gasteiger partial charge in [-0.05, 0) is 19.3 Å². The van der Waals surface area contributed by atoms with E-state index in [0.29, 0.717) is 6.61 Å². The van der Waals surface area contributed by atoms with Crippen molar-refractivity contribution in [2.75, 3.05) is 6.61 Å². The van der Waals surface area contributed by atoms with Crippen LogP contribution in [-0.4, -0.2) is 24.2 Å². The predicted molar refractivity (Wildman–Crippen MR) is 44.7 cm³/mol. The minimum atomic E-state index is -2.55. The molecule has 76 valence electrons. The molecule has 1 aliphatic carbocycles. The van der Waals surface area contributed by atoms with E-state index in [-0.39, 0.29) is 18.9 Å². The number of alkyl halides is 2. The summed E-state index contributed by atoms with van der Waals surface area (Å²) in [4.78, 5) is 0. The monoisotopic (exact) mass is 191 g/mol. The highest BCUT2D eigenvalue weighted by Crippen LogP contribution is 2.47. The van der Waals surface area contributed by atoms with Crippen LogP contribution < -0.4 is 5.73 Å². The zero-order valence-electron chi connectivity index (χ0n) is 7.56. The lowest BCUT2D eigenvalue weighted by Gasteiger charge is -2.49. The molecule has 4 heteroatoms. The molecule has 1 aliphatic heterocycles. The molecular formula is C9H15F2NO. The third kappa shape index (κ3) is 1.70. The minimum Gasteiger partial charge on any atom is -0.376 e. The molecule has 1 saturated carbocycles. The number of hydrogen-bond donors (Lipinski definition) is 1. The first-order valence-electron chi connectivity index (χ1n) is 4.80. The summed E-state index contributed by atoms with van der Waals surface area (Å²) in [5.41, 5.74) is 5.10. The van der Waals surface area contributed by atoms with E-state index in [1.165, 1.54) is 0 Å². The zero-order chi connectivity index (χ0) is 9.53. The van der Waals surface area contributed by atoms with E-state index >= 15 is 0 Å². The van der Waals surface area contributed by atoms with Gasteiger partial charge in [-0.15, -0.1) is 0 Å². The zero-order valence-corrected chi connectivity index (χ0v) is 7.56. The Bertz CT molecular complexity index is 194. The molecule has 1 unspecified atom stereocenters. The molecule has 2 nitrogen and oxygen atoms in total. The molecule has 1 heterocycles. The Kier molecular flexibility index (Phi) is 2.07. The lowest BCUT2D eigenvalue weighted by molar-refractivity contribution is -0.173. The second-order valence-electron chi connectivity index (χ2n) is 4.30. The van der Waals surface area contributed by atoms with Gasteiger partial charge >= 0.3 is 0 Å². The number of ether oxygens (including phenoxy) is 1. The first kappa shape index (κ1) is 9.34. The number of rotatable bonds is 1. The Morgan fingerprint density at radius 2 is 1.92 bits per heavy atom. The summed E-state index contributed by atoms with van der Waals surface area (Å²) in [5, 5.41) is 0. The van der Waals surface area contributed by atoms with Crippen molar-refractivity contribution in [2.45, 2.75) is 49.7 Å². The fourth-order valence-electron chi connectivity index (χ4n) is 2.33. The van der Waals surface area contributed by atoms with E-state index in [9.17, 15) is 8.78 Å². The molecule has 2 aliphatic rings. The van der Waals surface area contributed by atoms with E-state index in [0.717, 1.165) is 19.3 Å². The Hall–Kier alpha value is -0.220. The third-order valence-electron chi connectivity index (χ3n) is 3.00. The largest absolute Gasteiger partial charge is 0.376 e. The fraction of sp³-hybridized carbons (Fsp3) is 1.00. The standard InChI is InChI=1S/C9H15F2NO/c10-9(11)5-8(12,6-9)7-3-1-2-4-13-7/h7H,1-6,12H2. The van der Waals surface area contributed by atoms with Gasteiger partial charge in [0.1, 0.15) is 0 Å². The van der Waals surface area contributed by atoms with E-state index in [1.807, 2.05) is 0 Å². The predicted octanol–water partition coefficient (Wildman–Crippen LogP) is 1.68. The molecule has 0 bridgehead atoms. The average molecular weight is 191 g/mol. The Morgan fingerprint density at radius 3 is 2.38 bits per heavy atom. The number of hydrogen-bond acceptors (Lipinski definition) is 2. The normalized spacial score (nSPS) is 36.7. The SMILES string of the molecule is NC1(C2CCCCO2)CC(F)(F)C1. The summed E-state index contributed by atoms with van der Waals surface area (Å²) >= 11 is 0. The first-order valence-corrected chi connectivity index (χ1v) is 4.80. The highest BCUT2D eigenvalue weighted by molar-refractivity contribution is 5.08. The Morgan fingerprint density at radius 1 is 1.23 bits per heavy atom. The minimum absolute atomic E-state index is 0.138. The molecule has 1 atom stereocenters. The summed E-state index contributed by atoms with van der Waals surface area (Å²) < 4.78 is 30.7. The van der Waals surface area contributed by atoms with Crippen LogP contribution in [0, 0.1) is 0 Å². The molecule has 0 radical (unpaired) electrons. The molecule has 2 fully saturated rings. The van der Waals surface area contributed by atoms with Crippen LogP contribution in [0.25, 0.3) is 0 Å². The second kappa shape index (κ2) is 2.89.